The SMILES string of the molecule is Cc1c(CNC(C)C2CCCOC2)cccc1[N+](=O)[O-]. The van der Waals surface area contributed by atoms with Crippen molar-refractivity contribution in [2.45, 2.75) is 39.3 Å². The molecule has 1 N–H and O–H groups in total. The summed E-state index contributed by atoms with van der Waals surface area (Å²) in [5.74, 6) is 0.530. The minimum absolute atomic E-state index is 0.193. The maximum Gasteiger partial charge on any atom is 0.272 e. The molecule has 0 spiro atoms. The lowest BCUT2D eigenvalue weighted by Gasteiger charge is -2.28. The number of rotatable bonds is 5. The van der Waals surface area contributed by atoms with Crippen LogP contribution in [0.25, 0.3) is 0 Å². The summed E-state index contributed by atoms with van der Waals surface area (Å²) >= 11 is 0. The summed E-state index contributed by atoms with van der Waals surface area (Å²) in [6, 6.07) is 5.60. The van der Waals surface area contributed by atoms with Crippen LogP contribution >= 0.6 is 0 Å². The Bertz CT molecular complexity index is 470. The Morgan fingerprint density at radius 2 is 2.35 bits per heavy atom. The van der Waals surface area contributed by atoms with Gasteiger partial charge in [0.15, 0.2) is 0 Å². The molecule has 1 aromatic carbocycles. The summed E-state index contributed by atoms with van der Waals surface area (Å²) in [6.45, 7) is 6.30. The fraction of sp³-hybridized carbons (Fsp3) is 0.600. The van der Waals surface area contributed by atoms with Gasteiger partial charge < -0.3 is 10.1 Å². The van der Waals surface area contributed by atoms with Crippen LogP contribution in [0.5, 0.6) is 0 Å². The van der Waals surface area contributed by atoms with E-state index in [1.807, 2.05) is 13.0 Å². The van der Waals surface area contributed by atoms with E-state index < -0.39 is 0 Å². The Labute approximate surface area is 119 Å². The number of nitro groups is 1. The van der Waals surface area contributed by atoms with Crippen LogP contribution in [0.3, 0.4) is 0 Å². The summed E-state index contributed by atoms with van der Waals surface area (Å²) < 4.78 is 5.50. The van der Waals surface area contributed by atoms with Gasteiger partial charge in [-0.25, -0.2) is 0 Å². The second kappa shape index (κ2) is 6.81. The third kappa shape index (κ3) is 3.55. The molecule has 1 fully saturated rings. The van der Waals surface area contributed by atoms with Crippen LogP contribution < -0.4 is 5.32 Å². The number of hydrogen-bond donors (Lipinski definition) is 1. The van der Waals surface area contributed by atoms with Gasteiger partial charge in [0.05, 0.1) is 11.5 Å². The van der Waals surface area contributed by atoms with Gasteiger partial charge >= 0.3 is 0 Å². The van der Waals surface area contributed by atoms with E-state index in [1.54, 1.807) is 12.1 Å². The van der Waals surface area contributed by atoms with Crippen molar-refractivity contribution in [3.05, 3.63) is 39.4 Å². The van der Waals surface area contributed by atoms with E-state index in [0.717, 1.165) is 30.8 Å². The maximum atomic E-state index is 10.9. The van der Waals surface area contributed by atoms with Crippen LogP contribution in [0, 0.1) is 23.0 Å². The zero-order chi connectivity index (χ0) is 14.5. The van der Waals surface area contributed by atoms with Crippen LogP contribution in [0.4, 0.5) is 5.69 Å². The molecule has 0 radical (unpaired) electrons. The first-order valence-electron chi connectivity index (χ1n) is 7.13. The molecule has 1 aromatic rings. The zero-order valence-electron chi connectivity index (χ0n) is 12.1. The monoisotopic (exact) mass is 278 g/mol. The van der Waals surface area contributed by atoms with Gasteiger partial charge in [-0.15, -0.1) is 0 Å². The second-order valence-electron chi connectivity index (χ2n) is 5.47. The normalized spacial score (nSPS) is 20.6. The van der Waals surface area contributed by atoms with E-state index in [4.69, 9.17) is 4.74 Å². The van der Waals surface area contributed by atoms with Crippen molar-refractivity contribution in [1.82, 2.24) is 5.32 Å². The molecule has 20 heavy (non-hydrogen) atoms. The molecule has 1 heterocycles. The van der Waals surface area contributed by atoms with Crippen LogP contribution in [-0.4, -0.2) is 24.2 Å². The number of ether oxygens (including phenoxy) is 1. The van der Waals surface area contributed by atoms with Crippen molar-refractivity contribution in [2.24, 2.45) is 5.92 Å². The fourth-order valence-corrected chi connectivity index (χ4v) is 2.66. The van der Waals surface area contributed by atoms with Gasteiger partial charge in [-0.3, -0.25) is 10.1 Å². The Morgan fingerprint density at radius 1 is 1.55 bits per heavy atom. The highest BCUT2D eigenvalue weighted by atomic mass is 16.6. The Kier molecular flexibility index (Phi) is 5.09. The van der Waals surface area contributed by atoms with Crippen LogP contribution in [0.15, 0.2) is 18.2 Å². The van der Waals surface area contributed by atoms with Gasteiger partial charge in [-0.2, -0.15) is 0 Å². The first-order chi connectivity index (χ1) is 9.59. The van der Waals surface area contributed by atoms with E-state index in [2.05, 4.69) is 12.2 Å². The van der Waals surface area contributed by atoms with Crippen molar-refractivity contribution in [3.8, 4) is 0 Å². The van der Waals surface area contributed by atoms with E-state index in [-0.39, 0.29) is 10.6 Å². The standard InChI is InChI=1S/C15H22N2O3/c1-11-13(5-3-7-15(11)17(18)19)9-16-12(2)14-6-4-8-20-10-14/h3,5,7,12,14,16H,4,6,8-10H2,1-2H3. The van der Waals surface area contributed by atoms with Crippen molar-refractivity contribution in [2.75, 3.05) is 13.2 Å². The summed E-state index contributed by atoms with van der Waals surface area (Å²) in [7, 11) is 0. The smallest absolute Gasteiger partial charge is 0.272 e. The molecule has 1 saturated heterocycles. The number of nitro benzene ring substituents is 1. The molecule has 0 amide bonds. The number of hydrogen-bond acceptors (Lipinski definition) is 4. The summed E-state index contributed by atoms with van der Waals surface area (Å²) in [5.41, 5.74) is 1.93. The van der Waals surface area contributed by atoms with Crippen LogP contribution in [0.1, 0.15) is 30.9 Å². The van der Waals surface area contributed by atoms with Crippen LogP contribution in [0.2, 0.25) is 0 Å². The molecular formula is C15H22N2O3. The quantitative estimate of drug-likeness (QED) is 0.664. The van der Waals surface area contributed by atoms with E-state index >= 15 is 0 Å². The first kappa shape index (κ1) is 14.9. The summed E-state index contributed by atoms with van der Waals surface area (Å²) in [5, 5.41) is 14.4. The number of nitrogens with zero attached hydrogens (tertiary/aromatic N) is 1. The molecule has 0 bridgehead atoms. The third-order valence-corrected chi connectivity index (χ3v) is 4.13. The van der Waals surface area contributed by atoms with Crippen LogP contribution in [-0.2, 0) is 11.3 Å². The molecule has 5 nitrogen and oxygen atoms in total. The molecular weight excluding hydrogens is 256 g/mol. The van der Waals surface area contributed by atoms with Crippen molar-refractivity contribution in [3.63, 3.8) is 0 Å². The molecule has 1 aliphatic heterocycles. The Hall–Kier alpha value is -1.46. The van der Waals surface area contributed by atoms with Gasteiger partial charge in [0.25, 0.3) is 5.69 Å². The van der Waals surface area contributed by atoms with Crippen molar-refractivity contribution >= 4 is 5.69 Å². The van der Waals surface area contributed by atoms with E-state index in [9.17, 15) is 10.1 Å². The summed E-state index contributed by atoms with van der Waals surface area (Å²) in [4.78, 5) is 10.6. The lowest BCUT2D eigenvalue weighted by Crippen LogP contribution is -2.37. The average Bonchev–Trinajstić information content (AvgIpc) is 2.46. The van der Waals surface area contributed by atoms with Gasteiger partial charge in [0.1, 0.15) is 0 Å². The molecule has 0 aliphatic carbocycles. The fourth-order valence-electron chi connectivity index (χ4n) is 2.66. The Morgan fingerprint density at radius 3 is 3.00 bits per heavy atom. The highest BCUT2D eigenvalue weighted by molar-refractivity contribution is 5.44. The predicted molar refractivity (Wildman–Crippen MR) is 77.7 cm³/mol. The molecule has 1 aliphatic rings. The average molecular weight is 278 g/mol. The first-order valence-corrected chi connectivity index (χ1v) is 7.13. The van der Waals surface area contributed by atoms with Crippen molar-refractivity contribution < 1.29 is 9.66 Å². The molecule has 0 saturated carbocycles. The molecule has 2 unspecified atom stereocenters. The molecule has 2 atom stereocenters. The van der Waals surface area contributed by atoms with E-state index in [1.165, 1.54) is 6.42 Å². The maximum absolute atomic E-state index is 10.9. The van der Waals surface area contributed by atoms with Gasteiger partial charge in [0, 0.05) is 30.8 Å². The largest absolute Gasteiger partial charge is 0.381 e. The molecule has 0 aromatic heterocycles. The highest BCUT2D eigenvalue weighted by Gasteiger charge is 2.21. The van der Waals surface area contributed by atoms with E-state index in [0.29, 0.717) is 18.5 Å². The number of benzene rings is 1. The summed E-state index contributed by atoms with van der Waals surface area (Å²) in [6.07, 6.45) is 2.30. The minimum atomic E-state index is -0.322. The molecule has 2 rings (SSSR count). The Balaban J connectivity index is 1.96. The van der Waals surface area contributed by atoms with Gasteiger partial charge in [0.2, 0.25) is 0 Å². The van der Waals surface area contributed by atoms with Gasteiger partial charge in [-0.05, 0) is 38.2 Å². The number of nitrogens with one attached hydrogen (secondary N) is 1. The predicted octanol–water partition coefficient (Wildman–Crippen LogP) is 2.81. The van der Waals surface area contributed by atoms with Crippen molar-refractivity contribution in [1.29, 1.82) is 0 Å². The minimum Gasteiger partial charge on any atom is -0.381 e. The third-order valence-electron chi connectivity index (χ3n) is 4.13. The zero-order valence-corrected chi connectivity index (χ0v) is 12.1. The lowest BCUT2D eigenvalue weighted by molar-refractivity contribution is -0.385. The highest BCUT2D eigenvalue weighted by Crippen LogP contribution is 2.22. The topological polar surface area (TPSA) is 64.4 Å². The van der Waals surface area contributed by atoms with Gasteiger partial charge in [-0.1, -0.05) is 12.1 Å². The molecule has 110 valence electrons. The lowest BCUT2D eigenvalue weighted by atomic mass is 9.94. The second-order valence-corrected chi connectivity index (χ2v) is 5.47. The molecule has 5 heteroatoms.